The van der Waals surface area contributed by atoms with Gasteiger partial charge >= 0.3 is 5.97 Å². The second-order valence-corrected chi connectivity index (χ2v) is 6.25. The number of aryl methyl sites for hydroxylation is 1. The first-order valence-corrected chi connectivity index (χ1v) is 7.53. The Morgan fingerprint density at radius 1 is 1.47 bits per heavy atom. The third-order valence-corrected chi connectivity index (χ3v) is 3.03. The summed E-state index contributed by atoms with van der Waals surface area (Å²) in [6.07, 6.45) is 3.38. The molecule has 0 aliphatic rings. The van der Waals surface area contributed by atoms with Crippen LogP contribution in [0.2, 0.25) is 0 Å². The highest BCUT2D eigenvalue weighted by Crippen LogP contribution is 2.18. The zero-order valence-corrected chi connectivity index (χ0v) is 11.5. The van der Waals surface area contributed by atoms with Crippen LogP contribution in [0, 0.1) is 6.92 Å². The van der Waals surface area contributed by atoms with Crippen LogP contribution >= 0.6 is 0 Å². The first-order valence-electron chi connectivity index (χ1n) is 5.47. The Hall–Kier alpha value is -1.89. The summed E-state index contributed by atoms with van der Waals surface area (Å²) in [5.74, 6) is -0.847. The third-order valence-electron chi connectivity index (χ3n) is 2.12. The lowest BCUT2D eigenvalue weighted by molar-refractivity contribution is -0.131. The van der Waals surface area contributed by atoms with Crippen LogP contribution in [-0.4, -0.2) is 43.1 Å². The Balaban J connectivity index is 2.85. The molecule has 0 fully saturated rings. The minimum atomic E-state index is -3.10. The van der Waals surface area contributed by atoms with Gasteiger partial charge in [0.2, 0.25) is 0 Å². The molecule has 104 valence electrons. The van der Waals surface area contributed by atoms with Crippen molar-refractivity contribution in [2.75, 3.05) is 18.6 Å². The van der Waals surface area contributed by atoms with Gasteiger partial charge < -0.3 is 9.84 Å². The van der Waals surface area contributed by atoms with E-state index in [9.17, 15) is 13.2 Å². The molecule has 0 spiro atoms. The molecule has 1 heterocycles. The average Bonchev–Trinajstić information content (AvgIpc) is 2.27. The fourth-order valence-corrected chi connectivity index (χ4v) is 1.64. The molecule has 7 heteroatoms. The lowest BCUT2D eigenvalue weighted by Crippen LogP contribution is -2.12. The molecule has 0 unspecified atom stereocenters. The average molecular weight is 285 g/mol. The van der Waals surface area contributed by atoms with Crippen LogP contribution in [0.1, 0.15) is 11.4 Å². The zero-order chi connectivity index (χ0) is 14.5. The van der Waals surface area contributed by atoms with Crippen molar-refractivity contribution in [3.63, 3.8) is 0 Å². The maximum atomic E-state index is 11.0. The topological polar surface area (TPSA) is 93.6 Å². The van der Waals surface area contributed by atoms with Crippen molar-refractivity contribution in [2.24, 2.45) is 0 Å². The van der Waals surface area contributed by atoms with Crippen LogP contribution in [-0.2, 0) is 14.6 Å². The van der Waals surface area contributed by atoms with Crippen molar-refractivity contribution < 1.29 is 23.1 Å². The van der Waals surface area contributed by atoms with Crippen LogP contribution in [0.15, 0.2) is 18.2 Å². The van der Waals surface area contributed by atoms with Gasteiger partial charge in [-0.3, -0.25) is 0 Å². The second-order valence-electron chi connectivity index (χ2n) is 3.99. The number of carboxylic acid groups (broad SMARTS) is 1. The Kier molecular flexibility index (Phi) is 5.05. The number of pyridine rings is 1. The van der Waals surface area contributed by atoms with Crippen LogP contribution in [0.3, 0.4) is 0 Å². The smallest absolute Gasteiger partial charge is 0.328 e. The molecule has 1 aromatic rings. The Labute approximate surface area is 111 Å². The molecule has 0 aliphatic heterocycles. The van der Waals surface area contributed by atoms with Gasteiger partial charge in [0.25, 0.3) is 0 Å². The Bertz CT molecular complexity index is 592. The number of carboxylic acids is 1. The number of ether oxygens (including phenoxy) is 1. The molecule has 0 radical (unpaired) electrons. The van der Waals surface area contributed by atoms with E-state index >= 15 is 0 Å². The summed E-state index contributed by atoms with van der Waals surface area (Å²) < 4.78 is 27.3. The third kappa shape index (κ3) is 6.01. The number of hydrogen-bond donors (Lipinski definition) is 1. The number of rotatable bonds is 6. The van der Waals surface area contributed by atoms with E-state index in [2.05, 4.69) is 4.98 Å². The molecule has 0 aliphatic carbocycles. The highest BCUT2D eigenvalue weighted by Gasteiger charge is 2.06. The predicted octanol–water partition coefficient (Wildman–Crippen LogP) is 0.911. The molecule has 0 amide bonds. The number of aromatic nitrogens is 1. The number of sulfone groups is 1. The molecule has 6 nitrogen and oxygen atoms in total. The summed E-state index contributed by atoms with van der Waals surface area (Å²) in [4.78, 5) is 14.6. The number of carbonyl (C=O) groups is 1. The summed E-state index contributed by atoms with van der Waals surface area (Å²) in [7, 11) is -3.10. The van der Waals surface area contributed by atoms with E-state index in [0.29, 0.717) is 17.1 Å². The van der Waals surface area contributed by atoms with Crippen molar-refractivity contribution in [2.45, 2.75) is 6.92 Å². The van der Waals surface area contributed by atoms with Crippen molar-refractivity contribution in [3.8, 4) is 5.75 Å². The molecular formula is C12H15NO5S. The molecule has 0 saturated carbocycles. The van der Waals surface area contributed by atoms with E-state index in [4.69, 9.17) is 9.84 Å². The van der Waals surface area contributed by atoms with Gasteiger partial charge in [0.15, 0.2) is 9.84 Å². The highest BCUT2D eigenvalue weighted by molar-refractivity contribution is 7.90. The number of aliphatic carboxylic acids is 1. The number of nitrogens with zero attached hydrogens (tertiary/aromatic N) is 1. The van der Waals surface area contributed by atoms with Gasteiger partial charge in [0.05, 0.1) is 5.75 Å². The molecule has 0 aromatic carbocycles. The van der Waals surface area contributed by atoms with Crippen molar-refractivity contribution in [3.05, 3.63) is 29.6 Å². The first kappa shape index (κ1) is 15.2. The summed E-state index contributed by atoms with van der Waals surface area (Å²) in [6.45, 7) is 1.76. The molecule has 1 rings (SSSR count). The molecule has 0 bridgehead atoms. The fourth-order valence-electron chi connectivity index (χ4n) is 1.26. The van der Waals surface area contributed by atoms with Crippen LogP contribution in [0.4, 0.5) is 0 Å². The zero-order valence-electron chi connectivity index (χ0n) is 10.7. The normalized spacial score (nSPS) is 11.7. The molecular weight excluding hydrogens is 270 g/mol. The van der Waals surface area contributed by atoms with Crippen molar-refractivity contribution in [1.82, 2.24) is 4.98 Å². The standard InChI is InChI=1S/C12H15NO5S/c1-9-3-5-11(18-7-8-19(2,16)17)10(13-9)4-6-12(14)15/h3-6H,7-8H2,1-2H3,(H,14,15)/b6-4+. The predicted molar refractivity (Wildman–Crippen MR) is 70.8 cm³/mol. The first-order chi connectivity index (χ1) is 8.78. The van der Waals surface area contributed by atoms with Crippen LogP contribution in [0.5, 0.6) is 5.75 Å². The van der Waals surface area contributed by atoms with Gasteiger partial charge in [0.1, 0.15) is 18.1 Å². The summed E-state index contributed by atoms with van der Waals surface area (Å²) >= 11 is 0. The fraction of sp³-hybridized carbons (Fsp3) is 0.333. The van der Waals surface area contributed by atoms with Gasteiger partial charge in [-0.1, -0.05) is 0 Å². The lowest BCUT2D eigenvalue weighted by atomic mass is 10.2. The van der Waals surface area contributed by atoms with Crippen molar-refractivity contribution >= 4 is 21.9 Å². The summed E-state index contributed by atoms with van der Waals surface area (Å²) in [6, 6.07) is 3.33. The van der Waals surface area contributed by atoms with E-state index in [0.717, 1.165) is 12.3 Å². The van der Waals surface area contributed by atoms with Gasteiger partial charge in [-0.2, -0.15) is 0 Å². The number of hydrogen-bond acceptors (Lipinski definition) is 5. The van der Waals surface area contributed by atoms with E-state index in [1.165, 1.54) is 6.08 Å². The van der Waals surface area contributed by atoms with Crippen LogP contribution in [0.25, 0.3) is 6.08 Å². The Morgan fingerprint density at radius 3 is 2.74 bits per heavy atom. The Morgan fingerprint density at radius 2 is 2.16 bits per heavy atom. The van der Waals surface area contributed by atoms with E-state index in [1.807, 2.05) is 0 Å². The van der Waals surface area contributed by atoms with Gasteiger partial charge in [-0.25, -0.2) is 18.2 Å². The second kappa shape index (κ2) is 6.33. The molecule has 19 heavy (non-hydrogen) atoms. The van der Waals surface area contributed by atoms with Gasteiger partial charge in [-0.15, -0.1) is 0 Å². The van der Waals surface area contributed by atoms with Crippen LogP contribution < -0.4 is 4.74 Å². The quantitative estimate of drug-likeness (QED) is 0.781. The van der Waals surface area contributed by atoms with Gasteiger partial charge in [0, 0.05) is 18.0 Å². The molecule has 0 atom stereocenters. The minimum Gasteiger partial charge on any atom is -0.490 e. The SMILES string of the molecule is Cc1ccc(OCCS(C)(=O)=O)c(/C=C/C(=O)O)n1. The van der Waals surface area contributed by atoms with E-state index < -0.39 is 15.8 Å². The molecule has 1 N–H and O–H groups in total. The largest absolute Gasteiger partial charge is 0.490 e. The van der Waals surface area contributed by atoms with E-state index in [1.54, 1.807) is 19.1 Å². The molecule has 1 aromatic heterocycles. The maximum Gasteiger partial charge on any atom is 0.328 e. The minimum absolute atomic E-state index is 0.00249. The summed E-state index contributed by atoms with van der Waals surface area (Å²) in [5.41, 5.74) is 1.07. The summed E-state index contributed by atoms with van der Waals surface area (Å²) in [5, 5.41) is 8.58. The lowest BCUT2D eigenvalue weighted by Gasteiger charge is -2.08. The van der Waals surface area contributed by atoms with E-state index in [-0.39, 0.29) is 12.4 Å². The highest BCUT2D eigenvalue weighted by atomic mass is 32.2. The molecule has 0 saturated heterocycles. The monoisotopic (exact) mass is 285 g/mol. The van der Waals surface area contributed by atoms with Crippen molar-refractivity contribution in [1.29, 1.82) is 0 Å². The van der Waals surface area contributed by atoms with Gasteiger partial charge in [-0.05, 0) is 25.1 Å². The maximum absolute atomic E-state index is 11.0.